The summed E-state index contributed by atoms with van der Waals surface area (Å²) in [6.07, 6.45) is 4.65. The summed E-state index contributed by atoms with van der Waals surface area (Å²) in [4.78, 5) is 31.0. The zero-order chi connectivity index (χ0) is 18.8. The number of anilines is 1. The maximum absolute atomic E-state index is 12.6. The van der Waals surface area contributed by atoms with Crippen molar-refractivity contribution in [3.8, 4) is 11.3 Å². The van der Waals surface area contributed by atoms with Gasteiger partial charge in [0.2, 0.25) is 0 Å². The van der Waals surface area contributed by atoms with Gasteiger partial charge in [-0.1, -0.05) is 12.1 Å². The number of H-pyrrole nitrogens is 2. The molecule has 0 saturated carbocycles. The minimum Gasteiger partial charge on any atom is -0.399 e. The molecule has 3 heterocycles. The highest BCUT2D eigenvalue weighted by Crippen LogP contribution is 2.24. The first kappa shape index (κ1) is 16.7. The summed E-state index contributed by atoms with van der Waals surface area (Å²) in [5.41, 5.74) is 10.0. The van der Waals surface area contributed by atoms with Gasteiger partial charge in [0.25, 0.3) is 5.91 Å². The standard InChI is InChI=1S/C18H17N7O2/c19-12-3-1-2-10(4-12)14(7-26)25-18(27)13-5-11(6-20-13)15-16-17(23-8-21-15)24-9-22-16/h1-6,8-9,14,20,26H,7,19H2,(H,25,27)(H,21,22,23,24)/t14-/m0/s1. The number of nitrogens with one attached hydrogen (secondary N) is 3. The van der Waals surface area contributed by atoms with Gasteiger partial charge in [-0.25, -0.2) is 15.0 Å². The van der Waals surface area contributed by atoms with E-state index in [-0.39, 0.29) is 12.5 Å². The second-order valence-corrected chi connectivity index (χ2v) is 6.00. The van der Waals surface area contributed by atoms with Gasteiger partial charge in [-0.3, -0.25) is 4.79 Å². The van der Waals surface area contributed by atoms with Crippen molar-refractivity contribution in [1.82, 2.24) is 30.2 Å². The first-order chi connectivity index (χ1) is 13.2. The van der Waals surface area contributed by atoms with Gasteiger partial charge in [0.05, 0.1) is 19.0 Å². The fourth-order valence-electron chi connectivity index (χ4n) is 2.89. The quantitative estimate of drug-likeness (QED) is 0.339. The van der Waals surface area contributed by atoms with E-state index in [1.54, 1.807) is 42.9 Å². The first-order valence-electron chi connectivity index (χ1n) is 8.25. The minimum atomic E-state index is -0.564. The summed E-state index contributed by atoms with van der Waals surface area (Å²) in [7, 11) is 0. The van der Waals surface area contributed by atoms with Crippen LogP contribution in [0.1, 0.15) is 22.1 Å². The predicted molar refractivity (Wildman–Crippen MR) is 99.6 cm³/mol. The van der Waals surface area contributed by atoms with Gasteiger partial charge in [-0.15, -0.1) is 0 Å². The summed E-state index contributed by atoms with van der Waals surface area (Å²) >= 11 is 0. The monoisotopic (exact) mass is 363 g/mol. The van der Waals surface area contributed by atoms with Crippen LogP contribution in [0, 0.1) is 0 Å². The highest BCUT2D eigenvalue weighted by Gasteiger charge is 2.18. The molecule has 0 bridgehead atoms. The third-order valence-electron chi connectivity index (χ3n) is 4.23. The van der Waals surface area contributed by atoms with E-state index < -0.39 is 6.04 Å². The molecule has 6 N–H and O–H groups in total. The third kappa shape index (κ3) is 3.23. The minimum absolute atomic E-state index is 0.247. The maximum atomic E-state index is 12.6. The Bertz CT molecular complexity index is 1100. The number of hydrogen-bond acceptors (Lipinski definition) is 6. The number of nitrogens with zero attached hydrogens (tertiary/aromatic N) is 3. The molecule has 0 fully saturated rings. The van der Waals surface area contributed by atoms with Gasteiger partial charge < -0.3 is 26.1 Å². The largest absolute Gasteiger partial charge is 0.399 e. The number of rotatable bonds is 5. The van der Waals surface area contributed by atoms with Crippen LogP contribution in [0.3, 0.4) is 0 Å². The lowest BCUT2D eigenvalue weighted by atomic mass is 10.1. The second kappa shape index (κ2) is 6.89. The number of carbonyl (C=O) groups excluding carboxylic acids is 1. The smallest absolute Gasteiger partial charge is 0.268 e. The van der Waals surface area contributed by atoms with Crippen LogP contribution >= 0.6 is 0 Å². The number of aromatic nitrogens is 5. The molecule has 0 aliphatic rings. The van der Waals surface area contributed by atoms with E-state index in [9.17, 15) is 9.90 Å². The van der Waals surface area contributed by atoms with Crippen LogP contribution in [0.25, 0.3) is 22.4 Å². The molecule has 1 amide bonds. The summed E-state index contributed by atoms with van der Waals surface area (Å²) in [6.45, 7) is -0.247. The van der Waals surface area contributed by atoms with E-state index in [1.165, 1.54) is 6.33 Å². The first-order valence-corrected chi connectivity index (χ1v) is 8.25. The van der Waals surface area contributed by atoms with Crippen LogP contribution in [0.4, 0.5) is 5.69 Å². The van der Waals surface area contributed by atoms with E-state index in [4.69, 9.17) is 5.73 Å². The molecule has 27 heavy (non-hydrogen) atoms. The van der Waals surface area contributed by atoms with Crippen molar-refractivity contribution in [2.45, 2.75) is 6.04 Å². The SMILES string of the molecule is Nc1cccc([C@H](CO)NC(=O)c2cc(-c3ncnc4nc[nH]c34)c[nH]2)c1. The van der Waals surface area contributed by atoms with E-state index >= 15 is 0 Å². The Labute approximate surface area is 153 Å². The normalized spacial score (nSPS) is 12.2. The number of imidazole rings is 1. The van der Waals surface area contributed by atoms with E-state index in [0.717, 1.165) is 11.1 Å². The summed E-state index contributed by atoms with van der Waals surface area (Å²) in [5, 5.41) is 12.4. The summed E-state index contributed by atoms with van der Waals surface area (Å²) in [6, 6.07) is 8.16. The molecule has 0 aliphatic heterocycles. The topological polar surface area (TPSA) is 146 Å². The molecule has 4 rings (SSSR count). The lowest BCUT2D eigenvalue weighted by molar-refractivity contribution is 0.0912. The average Bonchev–Trinajstić information content (AvgIpc) is 3.35. The molecular formula is C18H17N7O2. The molecule has 1 aromatic carbocycles. The molecule has 0 aliphatic carbocycles. The predicted octanol–water partition coefficient (Wildman–Crippen LogP) is 1.39. The Kier molecular flexibility index (Phi) is 4.27. The fourth-order valence-corrected chi connectivity index (χ4v) is 2.89. The van der Waals surface area contributed by atoms with Gasteiger partial charge in [-0.05, 0) is 23.8 Å². The van der Waals surface area contributed by atoms with E-state index in [0.29, 0.717) is 28.2 Å². The summed E-state index contributed by atoms with van der Waals surface area (Å²) in [5.74, 6) is -0.349. The Morgan fingerprint density at radius 3 is 2.93 bits per heavy atom. The van der Waals surface area contributed by atoms with E-state index in [2.05, 4.69) is 30.2 Å². The van der Waals surface area contributed by atoms with Gasteiger partial charge in [-0.2, -0.15) is 0 Å². The molecule has 9 heteroatoms. The molecular weight excluding hydrogens is 346 g/mol. The van der Waals surface area contributed by atoms with Crippen molar-refractivity contribution in [2.24, 2.45) is 0 Å². The number of carbonyl (C=O) groups is 1. The van der Waals surface area contributed by atoms with Crippen LogP contribution in [0.2, 0.25) is 0 Å². The third-order valence-corrected chi connectivity index (χ3v) is 4.23. The van der Waals surface area contributed by atoms with Crippen LogP contribution in [-0.4, -0.2) is 42.5 Å². The number of hydrogen-bond donors (Lipinski definition) is 5. The van der Waals surface area contributed by atoms with Crippen LogP contribution in [0.15, 0.2) is 49.2 Å². The Morgan fingerprint density at radius 2 is 2.11 bits per heavy atom. The summed E-state index contributed by atoms with van der Waals surface area (Å²) < 4.78 is 0. The second-order valence-electron chi connectivity index (χ2n) is 6.00. The zero-order valence-electron chi connectivity index (χ0n) is 14.2. The number of fused-ring (bicyclic) bond motifs is 1. The maximum Gasteiger partial charge on any atom is 0.268 e. The van der Waals surface area contributed by atoms with Crippen molar-refractivity contribution < 1.29 is 9.90 Å². The van der Waals surface area contributed by atoms with Gasteiger partial charge >= 0.3 is 0 Å². The molecule has 0 saturated heterocycles. The molecule has 1 atom stereocenters. The molecule has 0 unspecified atom stereocenters. The van der Waals surface area contributed by atoms with Crippen molar-refractivity contribution in [2.75, 3.05) is 12.3 Å². The molecule has 4 aromatic rings. The number of nitrogens with two attached hydrogens (primary N) is 1. The number of nitrogen functional groups attached to an aromatic ring is 1. The van der Waals surface area contributed by atoms with Gasteiger partial charge in [0.1, 0.15) is 23.2 Å². The van der Waals surface area contributed by atoms with Crippen LogP contribution in [-0.2, 0) is 0 Å². The van der Waals surface area contributed by atoms with Crippen molar-refractivity contribution in [3.05, 3.63) is 60.4 Å². The fraction of sp³-hybridized carbons (Fsp3) is 0.111. The number of aromatic amines is 2. The van der Waals surface area contributed by atoms with Crippen molar-refractivity contribution in [1.29, 1.82) is 0 Å². The lowest BCUT2D eigenvalue weighted by Gasteiger charge is -2.16. The van der Waals surface area contributed by atoms with Gasteiger partial charge in [0.15, 0.2) is 5.65 Å². The van der Waals surface area contributed by atoms with Crippen LogP contribution < -0.4 is 11.1 Å². The molecule has 0 spiro atoms. The number of benzene rings is 1. The Balaban J connectivity index is 1.57. The molecule has 3 aromatic heterocycles. The average molecular weight is 363 g/mol. The molecule has 0 radical (unpaired) electrons. The number of amides is 1. The zero-order valence-corrected chi connectivity index (χ0v) is 14.2. The van der Waals surface area contributed by atoms with Gasteiger partial charge in [0, 0.05) is 17.4 Å². The highest BCUT2D eigenvalue weighted by molar-refractivity contribution is 5.95. The molecule has 136 valence electrons. The Morgan fingerprint density at radius 1 is 1.22 bits per heavy atom. The van der Waals surface area contributed by atoms with E-state index in [1.807, 2.05) is 0 Å². The van der Waals surface area contributed by atoms with Crippen molar-refractivity contribution in [3.63, 3.8) is 0 Å². The molecule has 9 nitrogen and oxygen atoms in total. The Hall–Kier alpha value is -3.72. The highest BCUT2D eigenvalue weighted by atomic mass is 16.3. The van der Waals surface area contributed by atoms with Crippen LogP contribution in [0.5, 0.6) is 0 Å². The lowest BCUT2D eigenvalue weighted by Crippen LogP contribution is -2.31. The number of aliphatic hydroxyl groups excluding tert-OH is 1. The van der Waals surface area contributed by atoms with Crippen molar-refractivity contribution >= 4 is 22.8 Å². The number of aliphatic hydroxyl groups is 1.